The number of aromatic nitrogens is 1. The van der Waals surface area contributed by atoms with Gasteiger partial charge in [-0.15, -0.1) is 11.3 Å². The lowest BCUT2D eigenvalue weighted by Gasteiger charge is -2.06. The summed E-state index contributed by atoms with van der Waals surface area (Å²) in [5.74, 6) is 0.555. The summed E-state index contributed by atoms with van der Waals surface area (Å²) in [7, 11) is 0. The van der Waals surface area contributed by atoms with Gasteiger partial charge in [0.25, 0.3) is 5.91 Å². The lowest BCUT2D eigenvalue weighted by Crippen LogP contribution is -2.17. The van der Waals surface area contributed by atoms with E-state index >= 15 is 0 Å². The van der Waals surface area contributed by atoms with Crippen molar-refractivity contribution in [2.24, 2.45) is 5.10 Å². The zero-order valence-electron chi connectivity index (χ0n) is 17.4. The number of ether oxygens (including phenoxy) is 1. The zero-order chi connectivity index (χ0) is 21.2. The minimum atomic E-state index is -0.258. The third-order valence-corrected chi connectivity index (χ3v) is 5.73. The van der Waals surface area contributed by atoms with Crippen LogP contribution in [0.2, 0.25) is 0 Å². The highest BCUT2D eigenvalue weighted by atomic mass is 32.1. The van der Waals surface area contributed by atoms with Gasteiger partial charge in [0.05, 0.1) is 18.5 Å². The van der Waals surface area contributed by atoms with Gasteiger partial charge in [0.15, 0.2) is 0 Å². The molecule has 0 aliphatic carbocycles. The maximum absolute atomic E-state index is 12.5. The Morgan fingerprint density at radius 1 is 1.13 bits per heavy atom. The third-order valence-electron chi connectivity index (χ3n) is 4.53. The molecule has 156 valence electrons. The first kappa shape index (κ1) is 21.7. The molecule has 5 nitrogen and oxygen atoms in total. The fourth-order valence-electron chi connectivity index (χ4n) is 2.93. The smallest absolute Gasteiger partial charge is 0.283 e. The molecule has 3 rings (SSSR count). The van der Waals surface area contributed by atoms with Crippen LogP contribution in [0.5, 0.6) is 5.75 Å². The Hall–Kier alpha value is -2.99. The van der Waals surface area contributed by atoms with Crippen molar-refractivity contribution in [1.29, 1.82) is 0 Å². The molecule has 0 aliphatic heterocycles. The fraction of sp³-hybridized carbons (Fsp3) is 0.292. The maximum Gasteiger partial charge on any atom is 0.283 e. The van der Waals surface area contributed by atoms with Crippen LogP contribution in [-0.2, 0) is 0 Å². The molecule has 0 saturated heterocycles. The van der Waals surface area contributed by atoms with Gasteiger partial charge in [0, 0.05) is 5.56 Å². The van der Waals surface area contributed by atoms with Gasteiger partial charge in [-0.05, 0) is 31.0 Å². The minimum absolute atomic E-state index is 0.258. The molecule has 0 atom stereocenters. The number of nitrogens with zero attached hydrogens (tertiary/aromatic N) is 2. The van der Waals surface area contributed by atoms with Crippen molar-refractivity contribution < 1.29 is 9.53 Å². The normalized spacial score (nSPS) is 11.0. The average Bonchev–Trinajstić information content (AvgIpc) is 3.16. The van der Waals surface area contributed by atoms with Crippen LogP contribution in [0.3, 0.4) is 0 Å². The van der Waals surface area contributed by atoms with E-state index in [2.05, 4.69) is 22.4 Å². The molecule has 0 spiro atoms. The van der Waals surface area contributed by atoms with Crippen molar-refractivity contribution in [3.05, 3.63) is 70.7 Å². The number of thiazole rings is 1. The predicted molar refractivity (Wildman–Crippen MR) is 123 cm³/mol. The molecule has 0 unspecified atom stereocenters. The monoisotopic (exact) mass is 421 g/mol. The summed E-state index contributed by atoms with van der Waals surface area (Å²) < 4.78 is 5.79. The molecule has 0 aliphatic rings. The number of carbonyl (C=O) groups excluding carboxylic acids is 1. The Kier molecular flexibility index (Phi) is 8.15. The van der Waals surface area contributed by atoms with Crippen molar-refractivity contribution in [2.75, 3.05) is 6.61 Å². The van der Waals surface area contributed by atoms with E-state index < -0.39 is 0 Å². The summed E-state index contributed by atoms with van der Waals surface area (Å²) in [6.07, 6.45) is 6.32. The highest BCUT2D eigenvalue weighted by Crippen LogP contribution is 2.27. The minimum Gasteiger partial charge on any atom is -0.494 e. The Morgan fingerprint density at radius 3 is 2.77 bits per heavy atom. The molecule has 1 heterocycles. The Labute approximate surface area is 181 Å². The van der Waals surface area contributed by atoms with Crippen LogP contribution in [0.25, 0.3) is 10.6 Å². The van der Waals surface area contributed by atoms with E-state index in [9.17, 15) is 4.79 Å². The molecule has 1 aromatic heterocycles. The topological polar surface area (TPSA) is 63.6 Å². The predicted octanol–water partition coefficient (Wildman–Crippen LogP) is 5.84. The van der Waals surface area contributed by atoms with E-state index in [-0.39, 0.29) is 5.91 Å². The van der Waals surface area contributed by atoms with E-state index in [0.717, 1.165) is 28.3 Å². The van der Waals surface area contributed by atoms with Gasteiger partial charge in [-0.3, -0.25) is 4.79 Å². The summed E-state index contributed by atoms with van der Waals surface area (Å²) in [6, 6.07) is 17.5. The second-order valence-electron chi connectivity index (χ2n) is 6.98. The Bertz CT molecular complexity index is 983. The lowest BCUT2D eigenvalue weighted by molar-refractivity contribution is 0.0958. The number of hydrogen-bond acceptors (Lipinski definition) is 5. The van der Waals surface area contributed by atoms with Gasteiger partial charge in [-0.2, -0.15) is 5.10 Å². The fourth-order valence-corrected chi connectivity index (χ4v) is 3.89. The van der Waals surface area contributed by atoms with Crippen LogP contribution < -0.4 is 10.2 Å². The highest BCUT2D eigenvalue weighted by molar-refractivity contribution is 7.17. The number of rotatable bonds is 10. The van der Waals surface area contributed by atoms with Gasteiger partial charge in [-0.1, -0.05) is 68.7 Å². The number of hydrogen-bond donors (Lipinski definition) is 1. The van der Waals surface area contributed by atoms with E-state index in [1.54, 1.807) is 6.21 Å². The van der Waals surface area contributed by atoms with Gasteiger partial charge in [-0.25, -0.2) is 10.4 Å². The number of benzene rings is 2. The number of aryl methyl sites for hydroxylation is 1. The SMILES string of the molecule is CCCCCCOc1cccc(/C=N/NC(=O)c2sc(-c3ccccc3)nc2C)c1. The average molecular weight is 422 g/mol. The molecule has 2 aromatic carbocycles. The van der Waals surface area contributed by atoms with E-state index in [0.29, 0.717) is 17.2 Å². The van der Waals surface area contributed by atoms with Crippen molar-refractivity contribution in [3.63, 3.8) is 0 Å². The van der Waals surface area contributed by atoms with Crippen LogP contribution in [0.15, 0.2) is 59.7 Å². The molecule has 6 heteroatoms. The summed E-state index contributed by atoms with van der Waals surface area (Å²) in [5.41, 5.74) is 5.17. The standard InChI is InChI=1S/C24H27N3O2S/c1-3-4-5-9-15-29-21-14-10-11-19(16-21)17-25-27-23(28)22-18(2)26-24(30-22)20-12-7-6-8-13-20/h6-8,10-14,16-17H,3-5,9,15H2,1-2H3,(H,27,28)/b25-17+. The van der Waals surface area contributed by atoms with Gasteiger partial charge in [0.1, 0.15) is 15.6 Å². The first-order valence-electron chi connectivity index (χ1n) is 10.3. The zero-order valence-corrected chi connectivity index (χ0v) is 18.2. The summed E-state index contributed by atoms with van der Waals surface area (Å²) in [4.78, 5) is 17.6. The van der Waals surface area contributed by atoms with Crippen molar-refractivity contribution >= 4 is 23.5 Å². The largest absolute Gasteiger partial charge is 0.494 e. The molecular formula is C24H27N3O2S. The number of amides is 1. The maximum atomic E-state index is 12.5. The van der Waals surface area contributed by atoms with Gasteiger partial charge < -0.3 is 4.74 Å². The number of unbranched alkanes of at least 4 members (excludes halogenated alkanes) is 3. The lowest BCUT2D eigenvalue weighted by atomic mass is 10.2. The second-order valence-corrected chi connectivity index (χ2v) is 7.98. The molecule has 0 radical (unpaired) electrons. The van der Waals surface area contributed by atoms with Crippen LogP contribution in [0.1, 0.15) is 53.5 Å². The molecular weight excluding hydrogens is 394 g/mol. The van der Waals surface area contributed by atoms with E-state index in [1.807, 2.05) is 61.5 Å². The first-order valence-corrected chi connectivity index (χ1v) is 11.1. The van der Waals surface area contributed by atoms with Crippen LogP contribution in [0.4, 0.5) is 0 Å². The summed E-state index contributed by atoms with van der Waals surface area (Å²) >= 11 is 1.37. The molecule has 30 heavy (non-hydrogen) atoms. The quantitative estimate of drug-likeness (QED) is 0.254. The van der Waals surface area contributed by atoms with Crippen molar-refractivity contribution in [1.82, 2.24) is 10.4 Å². The molecule has 1 N–H and O–H groups in total. The third kappa shape index (κ3) is 6.26. The van der Waals surface area contributed by atoms with Crippen molar-refractivity contribution in [2.45, 2.75) is 39.5 Å². The van der Waals surface area contributed by atoms with Crippen LogP contribution >= 0.6 is 11.3 Å². The first-order chi connectivity index (χ1) is 14.7. The van der Waals surface area contributed by atoms with Gasteiger partial charge >= 0.3 is 0 Å². The van der Waals surface area contributed by atoms with E-state index in [4.69, 9.17) is 4.74 Å². The van der Waals surface area contributed by atoms with Crippen LogP contribution in [-0.4, -0.2) is 23.7 Å². The molecule has 1 amide bonds. The van der Waals surface area contributed by atoms with Crippen LogP contribution in [0, 0.1) is 6.92 Å². The Morgan fingerprint density at radius 2 is 1.97 bits per heavy atom. The number of hydrazone groups is 1. The van der Waals surface area contributed by atoms with Gasteiger partial charge in [0.2, 0.25) is 0 Å². The molecule has 0 fully saturated rings. The molecule has 3 aromatic rings. The highest BCUT2D eigenvalue weighted by Gasteiger charge is 2.15. The Balaban J connectivity index is 1.56. The van der Waals surface area contributed by atoms with E-state index in [1.165, 1.54) is 30.6 Å². The number of carbonyl (C=O) groups is 1. The molecule has 0 bridgehead atoms. The summed E-state index contributed by atoms with van der Waals surface area (Å²) in [5, 5.41) is 4.93. The summed E-state index contributed by atoms with van der Waals surface area (Å²) in [6.45, 7) is 4.75. The second kappa shape index (κ2) is 11.3. The molecule has 0 saturated carbocycles. The van der Waals surface area contributed by atoms with Crippen molar-refractivity contribution in [3.8, 4) is 16.3 Å². The number of nitrogens with one attached hydrogen (secondary N) is 1.